The highest BCUT2D eigenvalue weighted by Crippen LogP contribution is 2.37. The SMILES string of the molecule is COc1cc(C(C)C)cc(C(C)(C)N)c1Br. The molecule has 90 valence electrons. The van der Waals surface area contributed by atoms with Gasteiger partial charge in [0.15, 0.2) is 0 Å². The Kier molecular flexibility index (Phi) is 4.02. The number of hydrogen-bond acceptors (Lipinski definition) is 2. The van der Waals surface area contributed by atoms with Gasteiger partial charge in [-0.25, -0.2) is 0 Å². The number of ether oxygens (including phenoxy) is 1. The zero-order valence-corrected chi connectivity index (χ0v) is 12.2. The van der Waals surface area contributed by atoms with Gasteiger partial charge >= 0.3 is 0 Å². The number of methoxy groups -OCH3 is 1. The summed E-state index contributed by atoms with van der Waals surface area (Å²) in [5.74, 6) is 1.31. The van der Waals surface area contributed by atoms with E-state index < -0.39 is 0 Å². The van der Waals surface area contributed by atoms with Gasteiger partial charge < -0.3 is 10.5 Å². The van der Waals surface area contributed by atoms with Gasteiger partial charge in [-0.05, 0) is 52.9 Å². The minimum atomic E-state index is -0.378. The van der Waals surface area contributed by atoms with Crippen molar-refractivity contribution in [2.75, 3.05) is 7.11 Å². The molecular weight excluding hydrogens is 266 g/mol. The fourth-order valence-electron chi connectivity index (χ4n) is 1.57. The highest BCUT2D eigenvalue weighted by Gasteiger charge is 2.21. The standard InChI is InChI=1S/C13H20BrNO/c1-8(2)9-6-10(13(3,4)15)12(14)11(7-9)16-5/h6-8H,15H2,1-5H3. The largest absolute Gasteiger partial charge is 0.496 e. The summed E-state index contributed by atoms with van der Waals surface area (Å²) in [6.45, 7) is 8.32. The van der Waals surface area contributed by atoms with Crippen molar-refractivity contribution in [1.82, 2.24) is 0 Å². The van der Waals surface area contributed by atoms with Gasteiger partial charge in [0.25, 0.3) is 0 Å². The molecule has 0 unspecified atom stereocenters. The summed E-state index contributed by atoms with van der Waals surface area (Å²) in [6, 6.07) is 4.21. The van der Waals surface area contributed by atoms with Gasteiger partial charge in [-0.2, -0.15) is 0 Å². The molecule has 0 amide bonds. The predicted octanol–water partition coefficient (Wildman–Crippen LogP) is 3.77. The van der Waals surface area contributed by atoms with Gasteiger partial charge in [0, 0.05) is 5.54 Å². The minimum Gasteiger partial charge on any atom is -0.496 e. The third-order valence-electron chi connectivity index (χ3n) is 2.64. The monoisotopic (exact) mass is 285 g/mol. The van der Waals surface area contributed by atoms with E-state index in [1.165, 1.54) is 5.56 Å². The van der Waals surface area contributed by atoms with Crippen LogP contribution in [-0.2, 0) is 5.54 Å². The van der Waals surface area contributed by atoms with Crippen molar-refractivity contribution in [3.63, 3.8) is 0 Å². The molecule has 2 N–H and O–H groups in total. The lowest BCUT2D eigenvalue weighted by atomic mass is 9.91. The van der Waals surface area contributed by atoms with E-state index in [-0.39, 0.29) is 5.54 Å². The average molecular weight is 286 g/mol. The van der Waals surface area contributed by atoms with Crippen LogP contribution in [0, 0.1) is 0 Å². The quantitative estimate of drug-likeness (QED) is 0.917. The predicted molar refractivity (Wildman–Crippen MR) is 72.0 cm³/mol. The zero-order chi connectivity index (χ0) is 12.5. The summed E-state index contributed by atoms with van der Waals surface area (Å²) < 4.78 is 6.32. The second-order valence-electron chi connectivity index (χ2n) is 4.96. The molecule has 0 radical (unpaired) electrons. The van der Waals surface area contributed by atoms with Crippen LogP contribution in [0.3, 0.4) is 0 Å². The van der Waals surface area contributed by atoms with Gasteiger partial charge in [0.1, 0.15) is 5.75 Å². The van der Waals surface area contributed by atoms with Crippen LogP contribution in [-0.4, -0.2) is 7.11 Å². The van der Waals surface area contributed by atoms with Crippen LogP contribution in [0.2, 0.25) is 0 Å². The lowest BCUT2D eigenvalue weighted by molar-refractivity contribution is 0.408. The topological polar surface area (TPSA) is 35.2 Å². The van der Waals surface area contributed by atoms with E-state index in [0.29, 0.717) is 5.92 Å². The Labute approximate surface area is 106 Å². The molecule has 0 aliphatic carbocycles. The molecule has 0 aliphatic rings. The third kappa shape index (κ3) is 2.77. The molecule has 0 spiro atoms. The molecule has 0 aromatic heterocycles. The molecule has 0 heterocycles. The van der Waals surface area contributed by atoms with Crippen molar-refractivity contribution in [3.05, 3.63) is 27.7 Å². The van der Waals surface area contributed by atoms with Gasteiger partial charge in [0.2, 0.25) is 0 Å². The van der Waals surface area contributed by atoms with Gasteiger partial charge in [0.05, 0.1) is 11.6 Å². The van der Waals surface area contributed by atoms with Crippen LogP contribution in [0.5, 0.6) is 5.75 Å². The Balaban J connectivity index is 3.42. The van der Waals surface area contributed by atoms with E-state index >= 15 is 0 Å². The lowest BCUT2D eigenvalue weighted by Crippen LogP contribution is -2.29. The maximum absolute atomic E-state index is 6.16. The Hall–Kier alpha value is -0.540. The third-order valence-corrected chi connectivity index (χ3v) is 3.46. The smallest absolute Gasteiger partial charge is 0.133 e. The zero-order valence-electron chi connectivity index (χ0n) is 10.6. The molecule has 0 aliphatic heterocycles. The second-order valence-corrected chi connectivity index (χ2v) is 5.75. The summed E-state index contributed by atoms with van der Waals surface area (Å²) in [6.07, 6.45) is 0. The number of hydrogen-bond donors (Lipinski definition) is 1. The fraction of sp³-hybridized carbons (Fsp3) is 0.538. The highest BCUT2D eigenvalue weighted by atomic mass is 79.9. The molecule has 1 aromatic carbocycles. The van der Waals surface area contributed by atoms with Crippen LogP contribution < -0.4 is 10.5 Å². The average Bonchev–Trinajstić information content (AvgIpc) is 2.15. The van der Waals surface area contributed by atoms with Crippen LogP contribution in [0.25, 0.3) is 0 Å². The van der Waals surface area contributed by atoms with Crippen molar-refractivity contribution < 1.29 is 4.74 Å². The van der Waals surface area contributed by atoms with Gasteiger partial charge in [-0.3, -0.25) is 0 Å². The highest BCUT2D eigenvalue weighted by molar-refractivity contribution is 9.10. The maximum Gasteiger partial charge on any atom is 0.133 e. The summed E-state index contributed by atoms with van der Waals surface area (Å²) in [7, 11) is 1.68. The van der Waals surface area contributed by atoms with Crippen molar-refractivity contribution in [2.45, 2.75) is 39.2 Å². The van der Waals surface area contributed by atoms with Crippen LogP contribution in [0.4, 0.5) is 0 Å². The number of nitrogens with two attached hydrogens (primary N) is 1. The minimum absolute atomic E-state index is 0.378. The molecule has 0 fully saturated rings. The number of halogens is 1. The molecule has 3 heteroatoms. The molecule has 16 heavy (non-hydrogen) atoms. The molecule has 1 rings (SSSR count). The van der Waals surface area contributed by atoms with Gasteiger partial charge in [-0.15, -0.1) is 0 Å². The van der Waals surface area contributed by atoms with E-state index in [1.54, 1.807) is 7.11 Å². The molecule has 0 bridgehead atoms. The first kappa shape index (κ1) is 13.5. The molecule has 0 saturated heterocycles. The van der Waals surface area contributed by atoms with Gasteiger partial charge in [-0.1, -0.05) is 19.9 Å². The molecule has 0 saturated carbocycles. The summed E-state index contributed by atoms with van der Waals surface area (Å²) in [5, 5.41) is 0. The van der Waals surface area contributed by atoms with Crippen molar-refractivity contribution in [1.29, 1.82) is 0 Å². The summed E-state index contributed by atoms with van der Waals surface area (Å²) in [4.78, 5) is 0. The van der Waals surface area contributed by atoms with E-state index in [9.17, 15) is 0 Å². The number of rotatable bonds is 3. The lowest BCUT2D eigenvalue weighted by Gasteiger charge is -2.24. The van der Waals surface area contributed by atoms with E-state index in [4.69, 9.17) is 10.5 Å². The number of benzene rings is 1. The normalized spacial score (nSPS) is 12.0. The summed E-state index contributed by atoms with van der Waals surface area (Å²) in [5.41, 5.74) is 8.11. The Bertz CT molecular complexity index is 380. The first-order valence-corrected chi connectivity index (χ1v) is 6.23. The maximum atomic E-state index is 6.16. The Morgan fingerprint density at radius 1 is 1.31 bits per heavy atom. The summed E-state index contributed by atoms with van der Waals surface area (Å²) >= 11 is 3.56. The Morgan fingerprint density at radius 2 is 1.88 bits per heavy atom. The van der Waals surface area contributed by atoms with Crippen molar-refractivity contribution in [3.8, 4) is 5.75 Å². The van der Waals surface area contributed by atoms with Crippen LogP contribution in [0.15, 0.2) is 16.6 Å². The Morgan fingerprint density at radius 3 is 2.25 bits per heavy atom. The first-order chi connectivity index (χ1) is 7.27. The molecule has 2 nitrogen and oxygen atoms in total. The first-order valence-electron chi connectivity index (χ1n) is 5.44. The second kappa shape index (κ2) is 4.76. The molecule has 0 atom stereocenters. The van der Waals surface area contributed by atoms with Crippen LogP contribution >= 0.6 is 15.9 Å². The van der Waals surface area contributed by atoms with E-state index in [1.807, 2.05) is 13.8 Å². The van der Waals surface area contributed by atoms with Crippen LogP contribution in [0.1, 0.15) is 44.7 Å². The molecule has 1 aromatic rings. The van der Waals surface area contributed by atoms with E-state index in [0.717, 1.165) is 15.8 Å². The van der Waals surface area contributed by atoms with Crippen molar-refractivity contribution in [2.24, 2.45) is 5.73 Å². The van der Waals surface area contributed by atoms with Crippen molar-refractivity contribution >= 4 is 15.9 Å². The molecular formula is C13H20BrNO. The van der Waals surface area contributed by atoms with E-state index in [2.05, 4.69) is 41.9 Å². The fourth-order valence-corrected chi connectivity index (χ4v) is 2.47.